The van der Waals surface area contributed by atoms with Crippen LogP contribution in [0.4, 0.5) is 0 Å². The first-order chi connectivity index (χ1) is 14.4. The summed E-state index contributed by atoms with van der Waals surface area (Å²) >= 11 is 0. The fourth-order valence-corrected chi connectivity index (χ4v) is 4.56. The number of imidazole rings is 1. The lowest BCUT2D eigenvalue weighted by Crippen LogP contribution is -2.33. The van der Waals surface area contributed by atoms with Crippen molar-refractivity contribution in [2.24, 2.45) is 5.14 Å². The molecule has 0 bridgehead atoms. The lowest BCUT2D eigenvalue weighted by Gasteiger charge is -2.26. The van der Waals surface area contributed by atoms with Gasteiger partial charge in [-0.2, -0.15) is 0 Å². The number of piperidine rings is 1. The molecule has 9 heteroatoms. The molecule has 2 heterocycles. The second-order valence-electron chi connectivity index (χ2n) is 7.98. The molecule has 0 atom stereocenters. The van der Waals surface area contributed by atoms with Crippen LogP contribution in [0, 0.1) is 0 Å². The molecule has 0 spiro atoms. The zero-order valence-corrected chi connectivity index (χ0v) is 18.6. The molecule has 1 fully saturated rings. The van der Waals surface area contributed by atoms with Crippen molar-refractivity contribution in [1.82, 2.24) is 19.8 Å². The topological polar surface area (TPSA) is 110 Å². The van der Waals surface area contributed by atoms with Crippen LogP contribution in [-0.4, -0.2) is 55.0 Å². The van der Waals surface area contributed by atoms with Crippen molar-refractivity contribution in [3.63, 3.8) is 0 Å². The number of aromatic nitrogens is 2. The molecule has 1 aromatic heterocycles. The Morgan fingerprint density at radius 2 is 1.97 bits per heavy atom. The number of sulfonamides is 1. The number of nitrogens with zero attached hydrogens (tertiary/aromatic N) is 3. The van der Waals surface area contributed by atoms with Crippen molar-refractivity contribution < 1.29 is 13.2 Å². The van der Waals surface area contributed by atoms with Gasteiger partial charge in [-0.3, -0.25) is 4.79 Å². The first-order valence-electron chi connectivity index (χ1n) is 10.9. The van der Waals surface area contributed by atoms with Gasteiger partial charge in [0.05, 0.1) is 15.9 Å². The van der Waals surface area contributed by atoms with Gasteiger partial charge in [0.15, 0.2) is 0 Å². The minimum absolute atomic E-state index is 0.0222. The smallest absolute Gasteiger partial charge is 0.238 e. The van der Waals surface area contributed by atoms with Crippen molar-refractivity contribution in [2.75, 3.05) is 26.2 Å². The van der Waals surface area contributed by atoms with Gasteiger partial charge in [-0.1, -0.05) is 13.3 Å². The van der Waals surface area contributed by atoms with Gasteiger partial charge in [0.25, 0.3) is 0 Å². The monoisotopic (exact) mass is 435 g/mol. The van der Waals surface area contributed by atoms with E-state index in [0.29, 0.717) is 24.9 Å². The number of likely N-dealkylation sites (tertiary alicyclic amines) is 1. The lowest BCUT2D eigenvalue weighted by molar-refractivity contribution is -0.121. The number of carbonyl (C=O) groups excluding carboxylic acids is 1. The van der Waals surface area contributed by atoms with Crippen LogP contribution in [0.1, 0.15) is 51.3 Å². The van der Waals surface area contributed by atoms with Crippen LogP contribution >= 0.6 is 0 Å². The Kier molecular flexibility index (Phi) is 7.85. The molecule has 166 valence electrons. The Balaban J connectivity index is 1.56. The highest BCUT2D eigenvalue weighted by atomic mass is 32.2. The standard InChI is InChI=1S/C21H33N5O3S/c1-2-12-26-19-8-7-17(30(22,28)29)16-18(19)24-20(26)9-10-21(27)23-11-6-15-25-13-4-3-5-14-25/h7-8,16H,2-6,9-15H2,1H3,(H,23,27)(H2,22,28,29). The molecule has 8 nitrogen and oxygen atoms in total. The highest BCUT2D eigenvalue weighted by Crippen LogP contribution is 2.21. The molecular weight excluding hydrogens is 402 g/mol. The predicted molar refractivity (Wildman–Crippen MR) is 118 cm³/mol. The molecule has 1 aromatic carbocycles. The maximum Gasteiger partial charge on any atom is 0.238 e. The third-order valence-electron chi connectivity index (χ3n) is 5.57. The zero-order chi connectivity index (χ0) is 21.6. The van der Waals surface area contributed by atoms with Gasteiger partial charge in [-0.15, -0.1) is 0 Å². The number of primary sulfonamides is 1. The third kappa shape index (κ3) is 6.02. The van der Waals surface area contributed by atoms with E-state index in [-0.39, 0.29) is 10.8 Å². The largest absolute Gasteiger partial charge is 0.356 e. The number of carbonyl (C=O) groups is 1. The van der Waals surface area contributed by atoms with E-state index < -0.39 is 10.0 Å². The Labute approximate surface area is 178 Å². The first-order valence-corrected chi connectivity index (χ1v) is 12.4. The number of hydrogen-bond donors (Lipinski definition) is 2. The minimum atomic E-state index is -3.77. The van der Waals surface area contributed by atoms with Crippen molar-refractivity contribution in [3.8, 4) is 0 Å². The fraction of sp³-hybridized carbons (Fsp3) is 0.619. The number of rotatable bonds is 10. The van der Waals surface area contributed by atoms with E-state index in [1.54, 1.807) is 6.07 Å². The van der Waals surface area contributed by atoms with E-state index >= 15 is 0 Å². The lowest BCUT2D eigenvalue weighted by atomic mass is 10.1. The second-order valence-corrected chi connectivity index (χ2v) is 9.54. The van der Waals surface area contributed by atoms with Gasteiger partial charge in [-0.25, -0.2) is 18.5 Å². The number of benzene rings is 1. The van der Waals surface area contributed by atoms with Gasteiger partial charge in [0, 0.05) is 25.9 Å². The first kappa shape index (κ1) is 22.7. The summed E-state index contributed by atoms with van der Waals surface area (Å²) in [5, 5.41) is 8.25. The van der Waals surface area contributed by atoms with Gasteiger partial charge >= 0.3 is 0 Å². The molecule has 1 aliphatic rings. The Hall–Kier alpha value is -1.97. The zero-order valence-electron chi connectivity index (χ0n) is 17.8. The average Bonchev–Trinajstić information content (AvgIpc) is 3.07. The summed E-state index contributed by atoms with van der Waals surface area (Å²) in [6.07, 6.45) is 6.65. The van der Waals surface area contributed by atoms with E-state index in [1.165, 1.54) is 44.5 Å². The fourth-order valence-electron chi connectivity index (χ4n) is 4.03. The molecule has 2 aromatic rings. The number of amides is 1. The Bertz CT molecular complexity index is 964. The quantitative estimate of drug-likeness (QED) is 0.555. The molecule has 1 saturated heterocycles. The molecule has 3 rings (SSSR count). The van der Waals surface area contributed by atoms with Gasteiger partial charge in [-0.05, 0) is 63.5 Å². The Morgan fingerprint density at radius 1 is 1.20 bits per heavy atom. The summed E-state index contributed by atoms with van der Waals surface area (Å²) in [5.74, 6) is 0.816. The van der Waals surface area contributed by atoms with E-state index in [0.717, 1.165) is 37.3 Å². The van der Waals surface area contributed by atoms with Gasteiger partial charge < -0.3 is 14.8 Å². The van der Waals surface area contributed by atoms with Gasteiger partial charge in [0.2, 0.25) is 15.9 Å². The van der Waals surface area contributed by atoms with Crippen molar-refractivity contribution in [1.29, 1.82) is 0 Å². The number of nitrogens with two attached hydrogens (primary N) is 1. The third-order valence-corrected chi connectivity index (χ3v) is 6.48. The van der Waals surface area contributed by atoms with E-state index in [1.807, 2.05) is 0 Å². The maximum atomic E-state index is 12.3. The molecule has 0 aliphatic carbocycles. The van der Waals surface area contributed by atoms with E-state index in [2.05, 4.69) is 26.7 Å². The number of hydrogen-bond acceptors (Lipinski definition) is 5. The van der Waals surface area contributed by atoms with Crippen molar-refractivity contribution in [2.45, 2.75) is 63.3 Å². The number of nitrogens with one attached hydrogen (secondary N) is 1. The van der Waals surface area contributed by atoms with Crippen molar-refractivity contribution in [3.05, 3.63) is 24.0 Å². The molecular formula is C21H33N5O3S. The summed E-state index contributed by atoms with van der Waals surface area (Å²) in [6.45, 7) is 6.92. The molecule has 0 unspecified atom stereocenters. The minimum Gasteiger partial charge on any atom is -0.356 e. The molecule has 0 radical (unpaired) electrons. The molecule has 1 aliphatic heterocycles. The van der Waals surface area contributed by atoms with Crippen LogP contribution in [0.3, 0.4) is 0 Å². The van der Waals surface area contributed by atoms with Crippen LogP contribution in [0.15, 0.2) is 23.1 Å². The normalized spacial score (nSPS) is 15.5. The second kappa shape index (κ2) is 10.4. The van der Waals surface area contributed by atoms with Crippen LogP contribution < -0.4 is 10.5 Å². The number of fused-ring (bicyclic) bond motifs is 1. The molecule has 1 amide bonds. The van der Waals surface area contributed by atoms with E-state index in [9.17, 15) is 13.2 Å². The van der Waals surface area contributed by atoms with Crippen LogP contribution in [0.25, 0.3) is 11.0 Å². The van der Waals surface area contributed by atoms with Crippen LogP contribution in [0.2, 0.25) is 0 Å². The highest BCUT2D eigenvalue weighted by Gasteiger charge is 2.15. The predicted octanol–water partition coefficient (Wildman–Crippen LogP) is 2.02. The summed E-state index contributed by atoms with van der Waals surface area (Å²) in [7, 11) is -3.77. The number of aryl methyl sites for hydroxylation is 2. The summed E-state index contributed by atoms with van der Waals surface area (Å²) in [5.41, 5.74) is 1.45. The van der Waals surface area contributed by atoms with Gasteiger partial charge in [0.1, 0.15) is 5.82 Å². The molecule has 3 N–H and O–H groups in total. The maximum absolute atomic E-state index is 12.3. The average molecular weight is 436 g/mol. The highest BCUT2D eigenvalue weighted by molar-refractivity contribution is 7.89. The summed E-state index contributed by atoms with van der Waals surface area (Å²) < 4.78 is 25.3. The molecule has 0 saturated carbocycles. The summed E-state index contributed by atoms with van der Waals surface area (Å²) in [4.78, 5) is 19.4. The van der Waals surface area contributed by atoms with E-state index in [4.69, 9.17) is 5.14 Å². The molecule has 30 heavy (non-hydrogen) atoms. The van der Waals surface area contributed by atoms with Crippen LogP contribution in [0.5, 0.6) is 0 Å². The van der Waals surface area contributed by atoms with Crippen molar-refractivity contribution >= 4 is 27.0 Å². The van der Waals surface area contributed by atoms with Crippen LogP contribution in [-0.2, 0) is 27.8 Å². The SMILES string of the molecule is CCCn1c(CCC(=O)NCCCN2CCCCC2)nc2cc(S(N)(=O)=O)ccc21. The Morgan fingerprint density at radius 3 is 2.67 bits per heavy atom. The summed E-state index contributed by atoms with van der Waals surface area (Å²) in [6, 6.07) is 4.74.